The molecule has 1 aliphatic carbocycles. The Morgan fingerprint density at radius 1 is 1.14 bits per heavy atom. The predicted octanol–water partition coefficient (Wildman–Crippen LogP) is 2.79. The van der Waals surface area contributed by atoms with Crippen LogP contribution in [0.3, 0.4) is 0 Å². The highest BCUT2D eigenvalue weighted by Gasteiger charge is 2.36. The number of hydrogen-bond donors (Lipinski definition) is 1. The topological polar surface area (TPSA) is 57.6 Å². The normalized spacial score (nSPS) is 20.0. The van der Waals surface area contributed by atoms with Crippen molar-refractivity contribution in [3.63, 3.8) is 0 Å². The molecule has 2 heterocycles. The second-order valence-electron chi connectivity index (χ2n) is 8.47. The number of carbonyl (C=O) groups is 2. The molecule has 150 valence electrons. The lowest BCUT2D eigenvalue weighted by Gasteiger charge is -2.32. The third kappa shape index (κ3) is 4.22. The summed E-state index contributed by atoms with van der Waals surface area (Å²) in [5.41, 5.74) is 2.01. The van der Waals surface area contributed by atoms with E-state index < -0.39 is 0 Å². The van der Waals surface area contributed by atoms with Crippen molar-refractivity contribution in [3.05, 3.63) is 30.5 Å². The number of piperidine rings is 1. The van der Waals surface area contributed by atoms with Crippen molar-refractivity contribution in [1.82, 2.24) is 14.4 Å². The molecule has 0 bridgehead atoms. The summed E-state index contributed by atoms with van der Waals surface area (Å²) in [5.74, 6) is 0.384. The lowest BCUT2D eigenvalue weighted by Crippen LogP contribution is -2.44. The van der Waals surface area contributed by atoms with E-state index in [1.54, 1.807) is 0 Å². The summed E-state index contributed by atoms with van der Waals surface area (Å²) in [6, 6.07) is 8.18. The second-order valence-corrected chi connectivity index (χ2v) is 8.47. The number of amides is 2. The first-order valence-electron chi connectivity index (χ1n) is 10.3. The van der Waals surface area contributed by atoms with Crippen molar-refractivity contribution in [2.24, 2.45) is 11.8 Å². The Labute approximate surface area is 166 Å². The highest BCUT2D eigenvalue weighted by Crippen LogP contribution is 2.32. The molecular formula is C22H30N4O2. The molecule has 1 aromatic carbocycles. The maximum atomic E-state index is 12.8. The SMILES string of the molecule is CN(C)CCn1ccc2cc(NC(=O)C3CCCN(C(=O)C4CC4)C3)ccc21. The van der Waals surface area contributed by atoms with Gasteiger partial charge in [-0.3, -0.25) is 9.59 Å². The van der Waals surface area contributed by atoms with Crippen LogP contribution in [0.2, 0.25) is 0 Å². The number of hydrogen-bond acceptors (Lipinski definition) is 3. The minimum Gasteiger partial charge on any atom is -0.346 e. The van der Waals surface area contributed by atoms with Crippen molar-refractivity contribution in [1.29, 1.82) is 0 Å². The van der Waals surface area contributed by atoms with Crippen LogP contribution in [-0.2, 0) is 16.1 Å². The fourth-order valence-electron chi connectivity index (χ4n) is 4.00. The molecule has 4 rings (SSSR count). The first-order chi connectivity index (χ1) is 13.5. The van der Waals surface area contributed by atoms with Crippen LogP contribution in [0.1, 0.15) is 25.7 Å². The number of likely N-dealkylation sites (tertiary alicyclic amines) is 1. The lowest BCUT2D eigenvalue weighted by atomic mass is 9.96. The van der Waals surface area contributed by atoms with Crippen molar-refractivity contribution >= 4 is 28.4 Å². The van der Waals surface area contributed by atoms with E-state index in [1.807, 2.05) is 17.0 Å². The summed E-state index contributed by atoms with van der Waals surface area (Å²) in [7, 11) is 4.15. The smallest absolute Gasteiger partial charge is 0.229 e. The van der Waals surface area contributed by atoms with Gasteiger partial charge in [0.2, 0.25) is 11.8 Å². The van der Waals surface area contributed by atoms with Gasteiger partial charge in [0.05, 0.1) is 5.92 Å². The fraction of sp³-hybridized carbons (Fsp3) is 0.545. The van der Waals surface area contributed by atoms with Crippen molar-refractivity contribution in [3.8, 4) is 0 Å². The average Bonchev–Trinajstić information content (AvgIpc) is 3.46. The quantitative estimate of drug-likeness (QED) is 0.836. The summed E-state index contributed by atoms with van der Waals surface area (Å²) in [6.45, 7) is 3.28. The Morgan fingerprint density at radius 3 is 2.71 bits per heavy atom. The average molecular weight is 383 g/mol. The van der Waals surface area contributed by atoms with Gasteiger partial charge in [0.15, 0.2) is 0 Å². The van der Waals surface area contributed by atoms with Gasteiger partial charge in [0.25, 0.3) is 0 Å². The summed E-state index contributed by atoms with van der Waals surface area (Å²) in [4.78, 5) is 29.2. The zero-order valence-electron chi connectivity index (χ0n) is 16.9. The number of aromatic nitrogens is 1. The first kappa shape index (κ1) is 19.0. The highest BCUT2D eigenvalue weighted by atomic mass is 16.2. The molecule has 6 nitrogen and oxygen atoms in total. The molecule has 1 saturated carbocycles. The molecule has 6 heteroatoms. The Morgan fingerprint density at radius 2 is 1.96 bits per heavy atom. The van der Waals surface area contributed by atoms with Crippen LogP contribution in [0.15, 0.2) is 30.5 Å². The number of anilines is 1. The zero-order valence-corrected chi connectivity index (χ0v) is 16.9. The molecule has 0 spiro atoms. The van der Waals surface area contributed by atoms with E-state index in [0.717, 1.165) is 56.4 Å². The van der Waals surface area contributed by atoms with Gasteiger partial charge in [-0.15, -0.1) is 0 Å². The summed E-state index contributed by atoms with van der Waals surface area (Å²) in [5, 5.41) is 4.20. The molecule has 2 amide bonds. The second kappa shape index (κ2) is 7.95. The number of carbonyl (C=O) groups excluding carboxylic acids is 2. The molecule has 1 aromatic heterocycles. The third-order valence-electron chi connectivity index (χ3n) is 5.86. The molecule has 28 heavy (non-hydrogen) atoms. The highest BCUT2D eigenvalue weighted by molar-refractivity contribution is 5.95. The van der Waals surface area contributed by atoms with Gasteiger partial charge < -0.3 is 19.7 Å². The maximum Gasteiger partial charge on any atom is 0.229 e. The minimum absolute atomic E-state index is 0.0275. The van der Waals surface area contributed by atoms with Gasteiger partial charge in [0.1, 0.15) is 0 Å². The summed E-state index contributed by atoms with van der Waals surface area (Å²) < 4.78 is 2.24. The van der Waals surface area contributed by atoms with Crippen molar-refractivity contribution < 1.29 is 9.59 Å². The molecule has 1 N–H and O–H groups in total. The molecule has 1 atom stereocenters. The third-order valence-corrected chi connectivity index (χ3v) is 5.86. The first-order valence-corrected chi connectivity index (χ1v) is 10.3. The van der Waals surface area contributed by atoms with Crippen LogP contribution in [0.25, 0.3) is 10.9 Å². The van der Waals surface area contributed by atoms with Crippen LogP contribution in [0.4, 0.5) is 5.69 Å². The van der Waals surface area contributed by atoms with Gasteiger partial charge in [-0.1, -0.05) is 0 Å². The monoisotopic (exact) mass is 382 g/mol. The molecule has 2 aromatic rings. The number of nitrogens with one attached hydrogen (secondary N) is 1. The Balaban J connectivity index is 1.39. The van der Waals surface area contributed by atoms with E-state index >= 15 is 0 Å². The molecule has 1 aliphatic heterocycles. The lowest BCUT2D eigenvalue weighted by molar-refractivity contribution is -0.135. The fourth-order valence-corrected chi connectivity index (χ4v) is 4.00. The molecule has 1 saturated heterocycles. The molecule has 0 radical (unpaired) electrons. The van der Waals surface area contributed by atoms with E-state index in [-0.39, 0.29) is 23.7 Å². The Hall–Kier alpha value is -2.34. The van der Waals surface area contributed by atoms with Crippen LogP contribution < -0.4 is 5.32 Å². The minimum atomic E-state index is -0.114. The Kier molecular flexibility index (Phi) is 5.40. The largest absolute Gasteiger partial charge is 0.346 e. The zero-order chi connectivity index (χ0) is 19.7. The summed E-state index contributed by atoms with van der Waals surface area (Å²) in [6.07, 6.45) is 5.89. The molecular weight excluding hydrogens is 352 g/mol. The van der Waals surface area contributed by atoms with E-state index in [9.17, 15) is 9.59 Å². The molecule has 1 unspecified atom stereocenters. The van der Waals surface area contributed by atoms with Crippen LogP contribution >= 0.6 is 0 Å². The van der Waals surface area contributed by atoms with Gasteiger partial charge in [-0.25, -0.2) is 0 Å². The predicted molar refractivity (Wildman–Crippen MR) is 111 cm³/mol. The van der Waals surface area contributed by atoms with E-state index in [1.165, 1.54) is 5.52 Å². The van der Waals surface area contributed by atoms with E-state index in [2.05, 4.69) is 47.2 Å². The number of fused-ring (bicyclic) bond motifs is 1. The molecule has 2 aliphatic rings. The van der Waals surface area contributed by atoms with Crippen LogP contribution in [-0.4, -0.2) is 59.9 Å². The number of benzene rings is 1. The number of rotatable bonds is 6. The summed E-state index contributed by atoms with van der Waals surface area (Å²) >= 11 is 0. The van der Waals surface area contributed by atoms with Crippen molar-refractivity contribution in [2.45, 2.75) is 32.2 Å². The maximum absolute atomic E-state index is 12.8. The van der Waals surface area contributed by atoms with Crippen LogP contribution in [0.5, 0.6) is 0 Å². The Bertz CT molecular complexity index is 869. The molecule has 2 fully saturated rings. The van der Waals surface area contributed by atoms with Gasteiger partial charge in [-0.2, -0.15) is 0 Å². The van der Waals surface area contributed by atoms with E-state index in [0.29, 0.717) is 6.54 Å². The standard InChI is InChI=1S/C22H30N4O2/c1-24(2)12-13-25-11-9-17-14-19(7-8-20(17)25)23-21(27)18-4-3-10-26(15-18)22(28)16-5-6-16/h7-9,11,14,16,18H,3-6,10,12-13,15H2,1-2H3,(H,23,27). The van der Waals surface area contributed by atoms with Crippen molar-refractivity contribution in [2.75, 3.05) is 39.0 Å². The van der Waals surface area contributed by atoms with E-state index in [4.69, 9.17) is 0 Å². The number of nitrogens with zero attached hydrogens (tertiary/aromatic N) is 3. The van der Waals surface area contributed by atoms with Crippen LogP contribution in [0, 0.1) is 11.8 Å². The van der Waals surface area contributed by atoms with Gasteiger partial charge in [0, 0.05) is 54.9 Å². The number of likely N-dealkylation sites (N-methyl/N-ethyl adjacent to an activating group) is 1. The van der Waals surface area contributed by atoms with Gasteiger partial charge in [-0.05, 0) is 64.0 Å². The van der Waals surface area contributed by atoms with Gasteiger partial charge >= 0.3 is 0 Å².